The molecule has 0 aliphatic carbocycles. The number of amides is 2. The molecule has 1 aliphatic rings. The first-order valence-corrected chi connectivity index (χ1v) is 10.2. The third kappa shape index (κ3) is 5.28. The van der Waals surface area contributed by atoms with Gasteiger partial charge in [-0.15, -0.1) is 0 Å². The Morgan fingerprint density at radius 2 is 1.76 bits per heavy atom. The van der Waals surface area contributed by atoms with Crippen LogP contribution in [0.2, 0.25) is 0 Å². The van der Waals surface area contributed by atoms with E-state index in [9.17, 15) is 9.59 Å². The van der Waals surface area contributed by atoms with Gasteiger partial charge in [-0.3, -0.25) is 9.59 Å². The molecule has 2 aromatic rings. The highest BCUT2D eigenvalue weighted by Crippen LogP contribution is 2.25. The summed E-state index contributed by atoms with van der Waals surface area (Å²) >= 11 is 0. The molecular formula is C23H29N3O3. The molecule has 1 N–H and O–H groups in total. The number of nitrogens with one attached hydrogen (secondary N) is 1. The zero-order valence-corrected chi connectivity index (χ0v) is 17.2. The van der Waals surface area contributed by atoms with Crippen LogP contribution >= 0.6 is 0 Å². The Morgan fingerprint density at radius 3 is 2.52 bits per heavy atom. The van der Waals surface area contributed by atoms with Gasteiger partial charge in [0.05, 0.1) is 18.7 Å². The van der Waals surface area contributed by atoms with E-state index in [1.165, 1.54) is 18.5 Å². The number of hydrogen-bond donors (Lipinski definition) is 1. The Labute approximate surface area is 172 Å². The zero-order valence-electron chi connectivity index (χ0n) is 17.2. The highest BCUT2D eigenvalue weighted by atomic mass is 16.5. The molecule has 0 radical (unpaired) electrons. The standard InChI is InChI=1S/C23H29N3O3/c1-3-29-21-13-7-5-11-19(21)23(28)24-16-22(27)25(2)17-18-10-4-6-12-20(18)26-14-8-9-15-26/h4-7,10-13H,3,8-9,14-17H2,1-2H3,(H,24,28). The first-order valence-electron chi connectivity index (χ1n) is 10.2. The maximum absolute atomic E-state index is 12.6. The lowest BCUT2D eigenvalue weighted by Gasteiger charge is -2.24. The summed E-state index contributed by atoms with van der Waals surface area (Å²) in [6.45, 7) is 4.92. The van der Waals surface area contributed by atoms with Crippen molar-refractivity contribution in [2.45, 2.75) is 26.3 Å². The first kappa shape index (κ1) is 20.7. The maximum Gasteiger partial charge on any atom is 0.255 e. The third-order valence-corrected chi connectivity index (χ3v) is 5.10. The van der Waals surface area contributed by atoms with Gasteiger partial charge in [-0.05, 0) is 43.5 Å². The van der Waals surface area contributed by atoms with Crippen molar-refractivity contribution in [3.63, 3.8) is 0 Å². The van der Waals surface area contributed by atoms with Crippen molar-refractivity contribution in [1.29, 1.82) is 0 Å². The fraction of sp³-hybridized carbons (Fsp3) is 0.391. The van der Waals surface area contributed by atoms with Gasteiger partial charge in [0.1, 0.15) is 5.75 Å². The quantitative estimate of drug-likeness (QED) is 0.746. The molecule has 0 aromatic heterocycles. The normalized spacial score (nSPS) is 13.2. The van der Waals surface area contributed by atoms with Crippen LogP contribution in [0.4, 0.5) is 5.69 Å². The van der Waals surface area contributed by atoms with Crippen LogP contribution in [-0.2, 0) is 11.3 Å². The van der Waals surface area contributed by atoms with Crippen LogP contribution < -0.4 is 15.0 Å². The van der Waals surface area contributed by atoms with Gasteiger partial charge in [-0.1, -0.05) is 30.3 Å². The second-order valence-corrected chi connectivity index (χ2v) is 7.18. The Hall–Kier alpha value is -3.02. The van der Waals surface area contributed by atoms with E-state index >= 15 is 0 Å². The summed E-state index contributed by atoms with van der Waals surface area (Å²) in [6, 6.07) is 15.3. The Kier molecular flexibility index (Phi) is 7.11. The lowest BCUT2D eigenvalue weighted by Crippen LogP contribution is -2.38. The Balaban J connectivity index is 1.58. The monoisotopic (exact) mass is 395 g/mol. The minimum Gasteiger partial charge on any atom is -0.493 e. The van der Waals surface area contributed by atoms with Gasteiger partial charge in [0.2, 0.25) is 5.91 Å². The SMILES string of the molecule is CCOc1ccccc1C(=O)NCC(=O)N(C)Cc1ccccc1N1CCCC1. The fourth-order valence-corrected chi connectivity index (χ4v) is 3.58. The average Bonchev–Trinajstić information content (AvgIpc) is 3.27. The molecular weight excluding hydrogens is 366 g/mol. The van der Waals surface area contributed by atoms with E-state index in [1.807, 2.05) is 25.1 Å². The number of nitrogens with zero attached hydrogens (tertiary/aromatic N) is 2. The molecule has 2 amide bonds. The fourth-order valence-electron chi connectivity index (χ4n) is 3.58. The van der Waals surface area contributed by atoms with Crippen molar-refractivity contribution in [1.82, 2.24) is 10.2 Å². The van der Waals surface area contributed by atoms with Crippen molar-refractivity contribution in [3.8, 4) is 5.75 Å². The van der Waals surface area contributed by atoms with E-state index in [1.54, 1.807) is 30.1 Å². The van der Waals surface area contributed by atoms with E-state index in [0.717, 1.165) is 18.7 Å². The van der Waals surface area contributed by atoms with Gasteiger partial charge in [-0.25, -0.2) is 0 Å². The van der Waals surface area contributed by atoms with Crippen LogP contribution in [0.5, 0.6) is 5.75 Å². The van der Waals surface area contributed by atoms with Crippen molar-refractivity contribution in [2.24, 2.45) is 0 Å². The van der Waals surface area contributed by atoms with Crippen molar-refractivity contribution < 1.29 is 14.3 Å². The smallest absolute Gasteiger partial charge is 0.255 e. The van der Waals surface area contributed by atoms with Gasteiger partial charge in [0.25, 0.3) is 5.91 Å². The molecule has 0 saturated carbocycles. The van der Waals surface area contributed by atoms with Gasteiger partial charge in [0.15, 0.2) is 0 Å². The number of ether oxygens (including phenoxy) is 1. The minimum atomic E-state index is -0.312. The van der Waals surface area contributed by atoms with Crippen LogP contribution in [0.15, 0.2) is 48.5 Å². The van der Waals surface area contributed by atoms with Crippen molar-refractivity contribution in [2.75, 3.05) is 38.2 Å². The van der Waals surface area contributed by atoms with Crippen LogP contribution in [-0.4, -0.2) is 50.0 Å². The zero-order chi connectivity index (χ0) is 20.6. The topological polar surface area (TPSA) is 61.9 Å². The van der Waals surface area contributed by atoms with Gasteiger partial charge in [0, 0.05) is 32.4 Å². The summed E-state index contributed by atoms with van der Waals surface area (Å²) in [5.74, 6) is 0.0737. The number of para-hydroxylation sites is 2. The molecule has 6 heteroatoms. The largest absolute Gasteiger partial charge is 0.493 e. The molecule has 0 unspecified atom stereocenters. The third-order valence-electron chi connectivity index (χ3n) is 5.10. The number of anilines is 1. The minimum absolute atomic E-state index is 0.0539. The van der Waals surface area contributed by atoms with Crippen molar-refractivity contribution in [3.05, 3.63) is 59.7 Å². The number of likely N-dealkylation sites (N-methyl/N-ethyl adjacent to an activating group) is 1. The summed E-state index contributed by atoms with van der Waals surface area (Å²) in [4.78, 5) is 29.1. The highest BCUT2D eigenvalue weighted by Gasteiger charge is 2.18. The number of rotatable bonds is 8. The maximum atomic E-state index is 12.6. The highest BCUT2D eigenvalue weighted by molar-refractivity contribution is 5.98. The molecule has 1 heterocycles. The molecule has 6 nitrogen and oxygen atoms in total. The van der Waals surface area contributed by atoms with E-state index in [4.69, 9.17) is 4.74 Å². The van der Waals surface area contributed by atoms with E-state index in [2.05, 4.69) is 22.3 Å². The van der Waals surface area contributed by atoms with Crippen LogP contribution in [0.25, 0.3) is 0 Å². The predicted molar refractivity (Wildman–Crippen MR) is 114 cm³/mol. The second kappa shape index (κ2) is 9.96. The Morgan fingerprint density at radius 1 is 1.07 bits per heavy atom. The van der Waals surface area contributed by atoms with Gasteiger partial charge >= 0.3 is 0 Å². The molecule has 1 saturated heterocycles. The molecule has 2 aromatic carbocycles. The van der Waals surface area contributed by atoms with Gasteiger partial charge < -0.3 is 19.9 Å². The lowest BCUT2D eigenvalue weighted by molar-refractivity contribution is -0.129. The molecule has 1 fully saturated rings. The number of benzene rings is 2. The average molecular weight is 396 g/mol. The van der Waals surface area contributed by atoms with Crippen LogP contribution in [0, 0.1) is 0 Å². The molecule has 1 aliphatic heterocycles. The summed E-state index contributed by atoms with van der Waals surface area (Å²) in [5, 5.41) is 2.71. The van der Waals surface area contributed by atoms with Crippen LogP contribution in [0.1, 0.15) is 35.7 Å². The van der Waals surface area contributed by atoms with Gasteiger partial charge in [-0.2, -0.15) is 0 Å². The lowest BCUT2D eigenvalue weighted by atomic mass is 10.1. The summed E-state index contributed by atoms with van der Waals surface area (Å²) in [6.07, 6.45) is 2.41. The van der Waals surface area contributed by atoms with Crippen molar-refractivity contribution >= 4 is 17.5 Å². The summed E-state index contributed by atoms with van der Waals surface area (Å²) in [5.41, 5.74) is 2.75. The molecule has 154 valence electrons. The number of carbonyl (C=O) groups is 2. The van der Waals surface area contributed by atoms with E-state index in [0.29, 0.717) is 24.5 Å². The number of hydrogen-bond acceptors (Lipinski definition) is 4. The van der Waals surface area contributed by atoms with E-state index in [-0.39, 0.29) is 18.4 Å². The van der Waals surface area contributed by atoms with E-state index < -0.39 is 0 Å². The summed E-state index contributed by atoms with van der Waals surface area (Å²) in [7, 11) is 1.77. The number of carbonyl (C=O) groups excluding carboxylic acids is 2. The first-order chi connectivity index (χ1) is 14.1. The Bertz CT molecular complexity index is 847. The summed E-state index contributed by atoms with van der Waals surface area (Å²) < 4.78 is 5.49. The molecule has 29 heavy (non-hydrogen) atoms. The molecule has 0 bridgehead atoms. The van der Waals surface area contributed by atoms with Crippen LogP contribution in [0.3, 0.4) is 0 Å². The molecule has 3 rings (SSSR count). The molecule has 0 spiro atoms. The second-order valence-electron chi connectivity index (χ2n) is 7.18. The predicted octanol–water partition coefficient (Wildman–Crippen LogP) is 3.07. The molecule has 0 atom stereocenters.